The van der Waals surface area contributed by atoms with Gasteiger partial charge in [0.25, 0.3) is 0 Å². The summed E-state index contributed by atoms with van der Waals surface area (Å²) in [7, 11) is 0. The fraction of sp³-hybridized carbons (Fsp3) is 0.667. The number of carbonyl (C=O) groups is 2. The molecule has 2 heterocycles. The van der Waals surface area contributed by atoms with Gasteiger partial charge in [0.1, 0.15) is 43.2 Å². The lowest BCUT2D eigenvalue weighted by atomic mass is 9.99. The molecule has 0 unspecified atom stereocenters. The molecular formula is C18H26O13. The predicted octanol–water partition coefficient (Wildman–Crippen LogP) is -3.92. The molecule has 0 aromatic heterocycles. The molecule has 2 fully saturated rings. The molecule has 0 spiro atoms. The summed E-state index contributed by atoms with van der Waals surface area (Å²) in [6, 6.07) is 0. The normalized spacial score (nSPS) is 40.2. The van der Waals surface area contributed by atoms with Crippen LogP contribution in [0.3, 0.4) is 0 Å². The van der Waals surface area contributed by atoms with E-state index in [1.807, 2.05) is 0 Å². The van der Waals surface area contributed by atoms with E-state index in [2.05, 4.69) is 13.2 Å². The van der Waals surface area contributed by atoms with Gasteiger partial charge in [-0.05, 0) is 0 Å². The molecule has 2 rings (SSSR count). The Morgan fingerprint density at radius 3 is 2.06 bits per heavy atom. The monoisotopic (exact) mass is 450 g/mol. The fourth-order valence-electron chi connectivity index (χ4n) is 3.16. The van der Waals surface area contributed by atoms with E-state index in [0.717, 1.165) is 12.2 Å². The fourth-order valence-corrected chi connectivity index (χ4v) is 3.16. The quantitative estimate of drug-likeness (QED) is 0.147. The van der Waals surface area contributed by atoms with Crippen LogP contribution in [-0.4, -0.2) is 117 Å². The molecule has 31 heavy (non-hydrogen) atoms. The number of hydrogen-bond acceptors (Lipinski definition) is 13. The highest BCUT2D eigenvalue weighted by molar-refractivity contribution is 5.82. The number of aliphatic hydroxyl groups is 6. The number of rotatable bonds is 9. The molecule has 2 aliphatic rings. The Bertz CT molecular complexity index is 667. The second kappa shape index (κ2) is 10.6. The van der Waals surface area contributed by atoms with Gasteiger partial charge in [-0.3, -0.25) is 0 Å². The van der Waals surface area contributed by atoms with Crippen molar-refractivity contribution < 1.29 is 63.9 Å². The first-order valence-electron chi connectivity index (χ1n) is 9.21. The molecule has 0 amide bonds. The maximum atomic E-state index is 11.8. The average molecular weight is 450 g/mol. The van der Waals surface area contributed by atoms with E-state index in [-0.39, 0.29) is 0 Å². The molecular weight excluding hydrogens is 424 g/mol. The Hall–Kier alpha value is -1.94. The molecule has 0 bridgehead atoms. The first kappa shape index (κ1) is 25.3. The van der Waals surface area contributed by atoms with Crippen LogP contribution in [0.25, 0.3) is 0 Å². The molecule has 0 radical (unpaired) electrons. The zero-order chi connectivity index (χ0) is 23.3. The summed E-state index contributed by atoms with van der Waals surface area (Å²) in [5, 5.41) is 59.5. The van der Waals surface area contributed by atoms with Crippen LogP contribution >= 0.6 is 0 Å². The third-order valence-electron chi connectivity index (χ3n) is 4.81. The van der Waals surface area contributed by atoms with Gasteiger partial charge in [-0.2, -0.15) is 0 Å². The van der Waals surface area contributed by atoms with Crippen molar-refractivity contribution >= 4 is 11.9 Å². The molecule has 0 aliphatic carbocycles. The summed E-state index contributed by atoms with van der Waals surface area (Å²) in [6.45, 7) is 4.09. The molecule has 13 nitrogen and oxygen atoms in total. The van der Waals surface area contributed by atoms with Crippen LogP contribution in [0, 0.1) is 0 Å². The van der Waals surface area contributed by atoms with E-state index in [1.165, 1.54) is 0 Å². The lowest BCUT2D eigenvalue weighted by molar-refractivity contribution is -0.383. The minimum Gasteiger partial charge on any atom is -0.457 e. The van der Waals surface area contributed by atoms with Gasteiger partial charge in [0, 0.05) is 12.2 Å². The third kappa shape index (κ3) is 5.28. The number of carbonyl (C=O) groups excluding carboxylic acids is 2. The highest BCUT2D eigenvalue weighted by atomic mass is 16.8. The van der Waals surface area contributed by atoms with Crippen molar-refractivity contribution in [3.05, 3.63) is 25.3 Å². The lowest BCUT2D eigenvalue weighted by Crippen LogP contribution is -2.63. The number of ether oxygens (including phenoxy) is 5. The Balaban J connectivity index is 2.41. The highest BCUT2D eigenvalue weighted by Crippen LogP contribution is 2.38. The van der Waals surface area contributed by atoms with Gasteiger partial charge < -0.3 is 54.3 Å². The van der Waals surface area contributed by atoms with Crippen LogP contribution in [0.5, 0.6) is 0 Å². The van der Waals surface area contributed by atoms with Crippen molar-refractivity contribution in [1.29, 1.82) is 0 Å². The largest absolute Gasteiger partial charge is 0.457 e. The summed E-state index contributed by atoms with van der Waals surface area (Å²) in [4.78, 5) is 23.4. The maximum Gasteiger partial charge on any atom is 0.330 e. The zero-order valence-electron chi connectivity index (χ0n) is 16.4. The van der Waals surface area contributed by atoms with Crippen molar-refractivity contribution in [2.75, 3.05) is 19.8 Å². The van der Waals surface area contributed by atoms with E-state index in [0.29, 0.717) is 0 Å². The Kier molecular flexibility index (Phi) is 8.65. The summed E-state index contributed by atoms with van der Waals surface area (Å²) < 4.78 is 26.4. The van der Waals surface area contributed by atoms with Gasteiger partial charge >= 0.3 is 11.9 Å². The van der Waals surface area contributed by atoms with Gasteiger partial charge in [0.05, 0.1) is 13.2 Å². The number of esters is 2. The van der Waals surface area contributed by atoms with Crippen molar-refractivity contribution in [1.82, 2.24) is 0 Å². The minimum absolute atomic E-state index is 0.763. The standard InChI is InChI=1S/C18H26O13/c1-3-10(21)27-7-18(16(29-11(22)4-2)13(24)9(6-20)30-18)31-17-15(26)14(25)12(23)8(5-19)28-17/h3-4,8-9,12-17,19-20,23-26H,1-2,5-7H2/t8-,9-,12-,13-,14+,15-,16+,17-,18+/m1/s1. The van der Waals surface area contributed by atoms with E-state index in [9.17, 15) is 40.2 Å². The molecule has 9 atom stereocenters. The third-order valence-corrected chi connectivity index (χ3v) is 4.81. The van der Waals surface area contributed by atoms with Crippen molar-refractivity contribution in [2.45, 2.75) is 54.8 Å². The van der Waals surface area contributed by atoms with Crippen molar-refractivity contribution in [3.8, 4) is 0 Å². The maximum absolute atomic E-state index is 11.8. The SMILES string of the molecule is C=CC(=O)OC[C@@]1(O[C@H]2O[C@H](CO)[C@@H](O)[C@H](O)[C@H]2O)O[C@H](CO)[C@@H](O)[C@@H]1OC(=O)C=C. The van der Waals surface area contributed by atoms with Crippen LogP contribution in [0.2, 0.25) is 0 Å². The lowest BCUT2D eigenvalue weighted by Gasteiger charge is -2.43. The first-order valence-corrected chi connectivity index (χ1v) is 9.21. The van der Waals surface area contributed by atoms with Gasteiger partial charge in [0.2, 0.25) is 5.79 Å². The van der Waals surface area contributed by atoms with Crippen molar-refractivity contribution in [3.63, 3.8) is 0 Å². The second-order valence-electron chi connectivity index (χ2n) is 6.83. The number of aliphatic hydroxyl groups excluding tert-OH is 6. The van der Waals surface area contributed by atoms with Crippen molar-refractivity contribution in [2.24, 2.45) is 0 Å². The van der Waals surface area contributed by atoms with Crippen LogP contribution in [0.4, 0.5) is 0 Å². The summed E-state index contributed by atoms with van der Waals surface area (Å²) in [5.74, 6) is -4.31. The smallest absolute Gasteiger partial charge is 0.330 e. The summed E-state index contributed by atoms with van der Waals surface area (Å²) >= 11 is 0. The van der Waals surface area contributed by atoms with E-state index in [1.54, 1.807) is 0 Å². The first-order chi connectivity index (χ1) is 14.6. The highest BCUT2D eigenvalue weighted by Gasteiger charge is 2.61. The van der Waals surface area contributed by atoms with Gasteiger partial charge in [-0.25, -0.2) is 9.59 Å². The van der Waals surface area contributed by atoms with Crippen LogP contribution in [0.15, 0.2) is 25.3 Å². The second-order valence-corrected chi connectivity index (χ2v) is 6.83. The van der Waals surface area contributed by atoms with Gasteiger partial charge in [-0.1, -0.05) is 13.2 Å². The van der Waals surface area contributed by atoms with E-state index >= 15 is 0 Å². The van der Waals surface area contributed by atoms with Crippen LogP contribution in [-0.2, 0) is 33.3 Å². The molecule has 0 aromatic rings. The van der Waals surface area contributed by atoms with E-state index in [4.69, 9.17) is 23.7 Å². The molecule has 2 saturated heterocycles. The molecule has 0 aromatic carbocycles. The van der Waals surface area contributed by atoms with E-state index < -0.39 is 86.6 Å². The van der Waals surface area contributed by atoms with Crippen LogP contribution < -0.4 is 0 Å². The Labute approximate surface area is 176 Å². The minimum atomic E-state index is -2.34. The molecule has 176 valence electrons. The number of hydrogen-bond donors (Lipinski definition) is 6. The van der Waals surface area contributed by atoms with Gasteiger partial charge in [0.15, 0.2) is 12.4 Å². The molecule has 13 heteroatoms. The molecule has 6 N–H and O–H groups in total. The molecule has 2 aliphatic heterocycles. The predicted molar refractivity (Wildman–Crippen MR) is 96.8 cm³/mol. The topological polar surface area (TPSA) is 202 Å². The van der Waals surface area contributed by atoms with Crippen LogP contribution in [0.1, 0.15) is 0 Å². The Morgan fingerprint density at radius 1 is 0.903 bits per heavy atom. The average Bonchev–Trinajstić information content (AvgIpc) is 3.03. The Morgan fingerprint density at radius 2 is 1.52 bits per heavy atom. The van der Waals surface area contributed by atoms with Gasteiger partial charge in [-0.15, -0.1) is 0 Å². The zero-order valence-corrected chi connectivity index (χ0v) is 16.4. The molecule has 0 saturated carbocycles. The summed E-state index contributed by atoms with van der Waals surface area (Å²) in [6.07, 6.45) is -11.8. The summed E-state index contributed by atoms with van der Waals surface area (Å²) in [5.41, 5.74) is 0.